The van der Waals surface area contributed by atoms with Gasteiger partial charge in [0.2, 0.25) is 0 Å². The highest BCUT2D eigenvalue weighted by Crippen LogP contribution is 2.12. The zero-order chi connectivity index (χ0) is 13.8. The molecule has 1 aromatic rings. The van der Waals surface area contributed by atoms with Crippen molar-refractivity contribution >= 4 is 17.6 Å². The van der Waals surface area contributed by atoms with Crippen LogP contribution >= 0.6 is 0 Å². The number of hydrogen-bond acceptors (Lipinski definition) is 2. The Kier molecular flexibility index (Phi) is 4.31. The molecule has 5 heteroatoms. The number of carbonyl (C=O) groups is 2. The number of primary amides is 1. The molecule has 0 saturated carbocycles. The fourth-order valence-electron chi connectivity index (χ4n) is 1.32. The molecule has 3 amide bonds. The van der Waals surface area contributed by atoms with Gasteiger partial charge in [0.1, 0.15) is 0 Å². The van der Waals surface area contributed by atoms with Crippen molar-refractivity contribution in [2.45, 2.75) is 32.7 Å². The van der Waals surface area contributed by atoms with E-state index >= 15 is 0 Å². The molecule has 0 aliphatic rings. The van der Waals surface area contributed by atoms with Gasteiger partial charge in [-0.15, -0.1) is 0 Å². The van der Waals surface area contributed by atoms with Gasteiger partial charge in [-0.25, -0.2) is 4.79 Å². The molecule has 18 heavy (non-hydrogen) atoms. The molecule has 1 aromatic carbocycles. The molecule has 0 aliphatic heterocycles. The van der Waals surface area contributed by atoms with Gasteiger partial charge in [0.15, 0.2) is 0 Å². The third kappa shape index (κ3) is 4.08. The SMILES string of the molecule is CCC(C)(C)NC(=O)c1ccc(NC(N)=O)cc1. The van der Waals surface area contributed by atoms with Gasteiger partial charge >= 0.3 is 6.03 Å². The molecule has 0 bridgehead atoms. The van der Waals surface area contributed by atoms with Gasteiger partial charge in [0.25, 0.3) is 5.91 Å². The van der Waals surface area contributed by atoms with Crippen LogP contribution in [0.1, 0.15) is 37.6 Å². The Morgan fingerprint density at radius 1 is 1.22 bits per heavy atom. The van der Waals surface area contributed by atoms with E-state index in [0.717, 1.165) is 6.42 Å². The van der Waals surface area contributed by atoms with Gasteiger partial charge in [-0.3, -0.25) is 4.79 Å². The van der Waals surface area contributed by atoms with E-state index in [9.17, 15) is 9.59 Å². The minimum absolute atomic E-state index is 0.132. The first kappa shape index (κ1) is 14.0. The molecule has 0 radical (unpaired) electrons. The number of carbonyl (C=O) groups excluding carboxylic acids is 2. The molecule has 0 spiro atoms. The minimum atomic E-state index is -0.626. The Morgan fingerprint density at radius 3 is 2.22 bits per heavy atom. The molecule has 1 rings (SSSR count). The highest BCUT2D eigenvalue weighted by molar-refractivity contribution is 5.95. The van der Waals surface area contributed by atoms with Crippen LogP contribution in [0.2, 0.25) is 0 Å². The number of nitrogens with one attached hydrogen (secondary N) is 2. The first-order valence-corrected chi connectivity index (χ1v) is 5.83. The average Bonchev–Trinajstić information content (AvgIpc) is 2.28. The van der Waals surface area contributed by atoms with Crippen molar-refractivity contribution in [2.75, 3.05) is 5.32 Å². The quantitative estimate of drug-likeness (QED) is 0.763. The second-order valence-electron chi connectivity index (χ2n) is 4.76. The standard InChI is InChI=1S/C13H19N3O2/c1-4-13(2,3)16-11(17)9-5-7-10(8-6-9)15-12(14)18/h5-8H,4H2,1-3H3,(H,16,17)(H3,14,15,18). The smallest absolute Gasteiger partial charge is 0.316 e. The van der Waals surface area contributed by atoms with Crippen molar-refractivity contribution in [3.63, 3.8) is 0 Å². The highest BCUT2D eigenvalue weighted by Gasteiger charge is 2.18. The predicted octanol–water partition coefficient (Wildman–Crippen LogP) is 2.10. The molecule has 98 valence electrons. The highest BCUT2D eigenvalue weighted by atomic mass is 16.2. The van der Waals surface area contributed by atoms with Crippen LogP contribution in [0.25, 0.3) is 0 Å². The number of amides is 3. The lowest BCUT2D eigenvalue weighted by Crippen LogP contribution is -2.42. The molecule has 0 aromatic heterocycles. The first-order valence-electron chi connectivity index (χ1n) is 5.83. The third-order valence-corrected chi connectivity index (χ3v) is 2.75. The van der Waals surface area contributed by atoms with Crippen molar-refractivity contribution in [1.29, 1.82) is 0 Å². The fourth-order valence-corrected chi connectivity index (χ4v) is 1.32. The van der Waals surface area contributed by atoms with E-state index in [1.54, 1.807) is 24.3 Å². The molecular weight excluding hydrogens is 230 g/mol. The van der Waals surface area contributed by atoms with Crippen LogP contribution in [0.5, 0.6) is 0 Å². The number of urea groups is 1. The maximum Gasteiger partial charge on any atom is 0.316 e. The van der Waals surface area contributed by atoms with E-state index in [-0.39, 0.29) is 11.4 Å². The van der Waals surface area contributed by atoms with Gasteiger partial charge < -0.3 is 16.4 Å². The van der Waals surface area contributed by atoms with Crippen LogP contribution < -0.4 is 16.4 Å². The minimum Gasteiger partial charge on any atom is -0.351 e. The van der Waals surface area contributed by atoms with E-state index in [1.807, 2.05) is 20.8 Å². The van der Waals surface area contributed by atoms with Crippen molar-refractivity contribution < 1.29 is 9.59 Å². The summed E-state index contributed by atoms with van der Waals surface area (Å²) >= 11 is 0. The number of nitrogens with two attached hydrogens (primary N) is 1. The lowest BCUT2D eigenvalue weighted by molar-refractivity contribution is 0.0911. The second kappa shape index (κ2) is 5.53. The number of anilines is 1. The van der Waals surface area contributed by atoms with Crippen LogP contribution in [0.4, 0.5) is 10.5 Å². The van der Waals surface area contributed by atoms with Crippen LogP contribution in [-0.2, 0) is 0 Å². The lowest BCUT2D eigenvalue weighted by atomic mass is 10.0. The van der Waals surface area contributed by atoms with Crippen molar-refractivity contribution in [2.24, 2.45) is 5.73 Å². The summed E-state index contributed by atoms with van der Waals surface area (Å²) in [4.78, 5) is 22.6. The van der Waals surface area contributed by atoms with Crippen LogP contribution in [0, 0.1) is 0 Å². The van der Waals surface area contributed by atoms with Crippen LogP contribution in [0.3, 0.4) is 0 Å². The lowest BCUT2D eigenvalue weighted by Gasteiger charge is -2.24. The van der Waals surface area contributed by atoms with E-state index < -0.39 is 6.03 Å². The van der Waals surface area contributed by atoms with Gasteiger partial charge in [-0.1, -0.05) is 6.92 Å². The monoisotopic (exact) mass is 249 g/mol. The molecule has 0 aliphatic carbocycles. The summed E-state index contributed by atoms with van der Waals surface area (Å²) in [5.41, 5.74) is 5.87. The van der Waals surface area contributed by atoms with Crippen molar-refractivity contribution in [3.05, 3.63) is 29.8 Å². The van der Waals surface area contributed by atoms with Crippen molar-refractivity contribution in [1.82, 2.24) is 5.32 Å². The Morgan fingerprint density at radius 2 is 1.78 bits per heavy atom. The van der Waals surface area contributed by atoms with Gasteiger partial charge in [-0.05, 0) is 44.5 Å². The molecule has 0 heterocycles. The molecule has 0 unspecified atom stereocenters. The Hall–Kier alpha value is -2.04. The molecular formula is C13H19N3O2. The largest absolute Gasteiger partial charge is 0.351 e. The second-order valence-corrected chi connectivity index (χ2v) is 4.76. The summed E-state index contributed by atoms with van der Waals surface area (Å²) < 4.78 is 0. The Bertz CT molecular complexity index is 438. The maximum absolute atomic E-state index is 11.9. The van der Waals surface area contributed by atoms with E-state index in [1.165, 1.54) is 0 Å². The zero-order valence-electron chi connectivity index (χ0n) is 10.9. The first-order chi connectivity index (χ1) is 8.34. The van der Waals surface area contributed by atoms with Crippen LogP contribution in [-0.4, -0.2) is 17.5 Å². The summed E-state index contributed by atoms with van der Waals surface area (Å²) in [7, 11) is 0. The number of hydrogen-bond donors (Lipinski definition) is 3. The Balaban J connectivity index is 2.73. The van der Waals surface area contributed by atoms with Crippen LogP contribution in [0.15, 0.2) is 24.3 Å². The number of rotatable bonds is 4. The van der Waals surface area contributed by atoms with E-state index in [0.29, 0.717) is 11.3 Å². The molecule has 0 fully saturated rings. The summed E-state index contributed by atoms with van der Waals surface area (Å²) in [5.74, 6) is -0.132. The van der Waals surface area contributed by atoms with Gasteiger partial charge in [-0.2, -0.15) is 0 Å². The Labute approximate surface area is 107 Å². The molecule has 5 nitrogen and oxygen atoms in total. The topological polar surface area (TPSA) is 84.2 Å². The molecule has 0 saturated heterocycles. The summed E-state index contributed by atoms with van der Waals surface area (Å²) in [5, 5.41) is 5.37. The fraction of sp³-hybridized carbons (Fsp3) is 0.385. The average molecular weight is 249 g/mol. The number of benzene rings is 1. The predicted molar refractivity (Wildman–Crippen MR) is 71.5 cm³/mol. The third-order valence-electron chi connectivity index (χ3n) is 2.75. The molecule has 4 N–H and O–H groups in total. The zero-order valence-corrected chi connectivity index (χ0v) is 10.9. The van der Waals surface area contributed by atoms with E-state index in [2.05, 4.69) is 10.6 Å². The van der Waals surface area contributed by atoms with E-state index in [4.69, 9.17) is 5.73 Å². The summed E-state index contributed by atoms with van der Waals surface area (Å²) in [6.07, 6.45) is 0.847. The van der Waals surface area contributed by atoms with Crippen molar-refractivity contribution in [3.8, 4) is 0 Å². The summed E-state index contributed by atoms with van der Waals surface area (Å²) in [6, 6.07) is 5.94. The van der Waals surface area contributed by atoms with Gasteiger partial charge in [0.05, 0.1) is 0 Å². The normalized spacial score (nSPS) is 10.8. The summed E-state index contributed by atoms with van der Waals surface area (Å²) in [6.45, 7) is 5.95. The maximum atomic E-state index is 11.9. The van der Waals surface area contributed by atoms with Gasteiger partial charge in [0, 0.05) is 16.8 Å². The molecule has 0 atom stereocenters.